The van der Waals surface area contributed by atoms with Crippen molar-refractivity contribution in [2.24, 2.45) is 0 Å². The molecule has 152 valence electrons. The van der Waals surface area contributed by atoms with E-state index in [1.807, 2.05) is 34.0 Å². The number of thiophene rings is 1. The maximum atomic E-state index is 12.9. The molecule has 8 nitrogen and oxygen atoms in total. The molecule has 0 aromatic carbocycles. The van der Waals surface area contributed by atoms with Gasteiger partial charge in [-0.15, -0.1) is 28.8 Å². The summed E-state index contributed by atoms with van der Waals surface area (Å²) in [7, 11) is 0. The number of hydrogen-bond acceptors (Lipinski definition) is 6. The number of halogens is 1. The van der Waals surface area contributed by atoms with Crippen LogP contribution in [0, 0.1) is 6.92 Å². The molecular weight excluding hydrogens is 400 g/mol. The number of nitrogens with one attached hydrogen (secondary N) is 1. The summed E-state index contributed by atoms with van der Waals surface area (Å²) >= 11 is 1.45. The monoisotopic (exact) mass is 424 g/mol. The number of aromatic nitrogens is 3. The number of carbonyl (C=O) groups is 2. The standard InChI is InChI=1S/C18H24N6O2S.ClH/c1-13-16(20-21-24(13)14-4-6-19-7-5-14)18(26)23-10-8-22(9-11-23)17(25)15-3-2-12-27-15;/h2-3,12,14,19H,4-11H2,1H3;1H. The maximum Gasteiger partial charge on any atom is 0.276 e. The fourth-order valence-corrected chi connectivity index (χ4v) is 4.45. The van der Waals surface area contributed by atoms with Crippen LogP contribution in [0.1, 0.15) is 44.7 Å². The van der Waals surface area contributed by atoms with Gasteiger partial charge in [-0.05, 0) is 44.3 Å². The van der Waals surface area contributed by atoms with Gasteiger partial charge in [0.05, 0.1) is 16.6 Å². The fraction of sp³-hybridized carbons (Fsp3) is 0.556. The molecule has 0 spiro atoms. The van der Waals surface area contributed by atoms with Crippen molar-refractivity contribution in [3.63, 3.8) is 0 Å². The molecule has 2 fully saturated rings. The van der Waals surface area contributed by atoms with E-state index in [4.69, 9.17) is 0 Å². The topological polar surface area (TPSA) is 83.4 Å². The average molecular weight is 425 g/mol. The van der Waals surface area contributed by atoms with Gasteiger partial charge in [-0.2, -0.15) is 0 Å². The van der Waals surface area contributed by atoms with E-state index < -0.39 is 0 Å². The Labute approximate surface area is 174 Å². The summed E-state index contributed by atoms with van der Waals surface area (Å²) < 4.78 is 1.91. The van der Waals surface area contributed by atoms with E-state index in [-0.39, 0.29) is 24.2 Å². The molecule has 0 saturated carbocycles. The molecule has 28 heavy (non-hydrogen) atoms. The SMILES string of the molecule is Cc1c(C(=O)N2CCN(C(=O)c3cccs3)CC2)nnn1C1CCNCC1.Cl. The van der Waals surface area contributed by atoms with Crippen LogP contribution in [-0.2, 0) is 0 Å². The summed E-state index contributed by atoms with van der Waals surface area (Å²) in [6, 6.07) is 4.03. The van der Waals surface area contributed by atoms with Gasteiger partial charge in [-0.3, -0.25) is 9.59 Å². The predicted molar refractivity (Wildman–Crippen MR) is 109 cm³/mol. The lowest BCUT2D eigenvalue weighted by Crippen LogP contribution is -2.50. The van der Waals surface area contributed by atoms with Crippen molar-refractivity contribution in [1.82, 2.24) is 30.1 Å². The van der Waals surface area contributed by atoms with Gasteiger partial charge in [0.2, 0.25) is 0 Å². The number of nitrogens with zero attached hydrogens (tertiary/aromatic N) is 5. The fourth-order valence-electron chi connectivity index (χ4n) is 3.76. The van der Waals surface area contributed by atoms with Gasteiger partial charge < -0.3 is 15.1 Å². The third kappa shape index (κ3) is 4.06. The number of piperidine rings is 1. The van der Waals surface area contributed by atoms with Crippen molar-refractivity contribution in [1.29, 1.82) is 0 Å². The third-order valence-electron chi connectivity index (χ3n) is 5.37. The molecule has 0 aliphatic carbocycles. The quantitative estimate of drug-likeness (QED) is 0.809. The largest absolute Gasteiger partial charge is 0.334 e. The van der Waals surface area contributed by atoms with Crippen LogP contribution in [-0.4, -0.2) is 75.9 Å². The van der Waals surface area contributed by atoms with Crippen LogP contribution < -0.4 is 5.32 Å². The van der Waals surface area contributed by atoms with Crippen LogP contribution in [0.5, 0.6) is 0 Å². The van der Waals surface area contributed by atoms with Crippen molar-refractivity contribution >= 4 is 35.6 Å². The van der Waals surface area contributed by atoms with Gasteiger partial charge in [0.15, 0.2) is 5.69 Å². The molecule has 10 heteroatoms. The Balaban J connectivity index is 0.00000225. The molecule has 0 unspecified atom stereocenters. The zero-order chi connectivity index (χ0) is 18.8. The molecule has 0 bridgehead atoms. The number of hydrogen-bond donors (Lipinski definition) is 1. The van der Waals surface area contributed by atoms with Crippen molar-refractivity contribution in [2.45, 2.75) is 25.8 Å². The molecule has 2 aromatic heterocycles. The highest BCUT2D eigenvalue weighted by Gasteiger charge is 2.29. The van der Waals surface area contributed by atoms with E-state index in [1.54, 1.807) is 4.90 Å². The summed E-state index contributed by atoms with van der Waals surface area (Å²) in [6.07, 6.45) is 2.00. The predicted octanol–water partition coefficient (Wildman–Crippen LogP) is 1.59. The summed E-state index contributed by atoms with van der Waals surface area (Å²) in [4.78, 5) is 29.7. The summed E-state index contributed by atoms with van der Waals surface area (Å²) in [5.74, 6) is -0.0407. The maximum absolute atomic E-state index is 12.9. The van der Waals surface area contributed by atoms with Crippen LogP contribution in [0.15, 0.2) is 17.5 Å². The number of rotatable bonds is 3. The first-order chi connectivity index (χ1) is 13.1. The lowest BCUT2D eigenvalue weighted by molar-refractivity contribution is 0.0534. The normalized spacial score (nSPS) is 18.0. The van der Waals surface area contributed by atoms with Crippen LogP contribution in [0.3, 0.4) is 0 Å². The lowest BCUT2D eigenvalue weighted by atomic mass is 10.1. The molecule has 2 aliphatic rings. The van der Waals surface area contributed by atoms with Crippen molar-refractivity contribution in [3.8, 4) is 0 Å². The van der Waals surface area contributed by atoms with Crippen LogP contribution in [0.4, 0.5) is 0 Å². The van der Waals surface area contributed by atoms with Crippen LogP contribution >= 0.6 is 23.7 Å². The highest BCUT2D eigenvalue weighted by atomic mass is 35.5. The number of amides is 2. The molecule has 2 amide bonds. The van der Waals surface area contributed by atoms with Gasteiger partial charge >= 0.3 is 0 Å². The minimum absolute atomic E-state index is 0. The Kier molecular flexibility index (Phi) is 6.69. The lowest BCUT2D eigenvalue weighted by Gasteiger charge is -2.34. The van der Waals surface area contributed by atoms with Crippen molar-refractivity contribution < 1.29 is 9.59 Å². The second-order valence-corrected chi connectivity index (χ2v) is 7.96. The van der Waals surface area contributed by atoms with E-state index in [0.717, 1.165) is 36.5 Å². The van der Waals surface area contributed by atoms with Crippen molar-refractivity contribution in [2.75, 3.05) is 39.3 Å². The Morgan fingerprint density at radius 1 is 1.11 bits per heavy atom. The van der Waals surface area contributed by atoms with E-state index in [1.165, 1.54) is 11.3 Å². The Morgan fingerprint density at radius 3 is 2.36 bits per heavy atom. The zero-order valence-electron chi connectivity index (χ0n) is 15.8. The Hall–Kier alpha value is -1.97. The first-order valence-electron chi connectivity index (χ1n) is 9.39. The second kappa shape index (κ2) is 9.02. The molecule has 4 rings (SSSR count). The van der Waals surface area contributed by atoms with Crippen LogP contribution in [0.2, 0.25) is 0 Å². The first-order valence-corrected chi connectivity index (χ1v) is 10.3. The zero-order valence-corrected chi connectivity index (χ0v) is 17.5. The number of carbonyl (C=O) groups excluding carboxylic acids is 2. The molecule has 0 radical (unpaired) electrons. The highest BCUT2D eigenvalue weighted by Crippen LogP contribution is 2.21. The molecule has 4 heterocycles. The minimum atomic E-state index is -0.0871. The smallest absolute Gasteiger partial charge is 0.276 e. The molecule has 2 saturated heterocycles. The summed E-state index contributed by atoms with van der Waals surface area (Å²) in [5, 5.41) is 13.7. The van der Waals surface area contributed by atoms with Gasteiger partial charge in [0.25, 0.3) is 11.8 Å². The van der Waals surface area contributed by atoms with E-state index >= 15 is 0 Å². The van der Waals surface area contributed by atoms with Crippen molar-refractivity contribution in [3.05, 3.63) is 33.8 Å². The molecule has 2 aliphatic heterocycles. The van der Waals surface area contributed by atoms with Gasteiger partial charge in [-0.25, -0.2) is 4.68 Å². The van der Waals surface area contributed by atoms with Gasteiger partial charge in [0.1, 0.15) is 0 Å². The highest BCUT2D eigenvalue weighted by molar-refractivity contribution is 7.12. The van der Waals surface area contributed by atoms with Gasteiger partial charge in [-0.1, -0.05) is 11.3 Å². The first kappa shape index (κ1) is 20.8. The minimum Gasteiger partial charge on any atom is -0.334 e. The molecule has 2 aromatic rings. The second-order valence-electron chi connectivity index (χ2n) is 7.01. The molecule has 1 N–H and O–H groups in total. The molecular formula is C18H25ClN6O2S. The summed E-state index contributed by atoms with van der Waals surface area (Å²) in [6.45, 7) is 5.99. The summed E-state index contributed by atoms with van der Waals surface area (Å²) in [5.41, 5.74) is 1.27. The van der Waals surface area contributed by atoms with E-state index in [0.29, 0.717) is 37.9 Å². The van der Waals surface area contributed by atoms with Crippen LogP contribution in [0.25, 0.3) is 0 Å². The Bertz CT molecular complexity index is 810. The Morgan fingerprint density at radius 2 is 1.75 bits per heavy atom. The average Bonchev–Trinajstić information content (AvgIpc) is 3.38. The third-order valence-corrected chi connectivity index (χ3v) is 6.23. The van der Waals surface area contributed by atoms with E-state index in [9.17, 15) is 9.59 Å². The molecule has 0 atom stereocenters. The number of piperazine rings is 1. The van der Waals surface area contributed by atoms with E-state index in [2.05, 4.69) is 15.6 Å². The van der Waals surface area contributed by atoms with Gasteiger partial charge in [0, 0.05) is 26.2 Å².